The largest absolute Gasteiger partial charge is 0.472 e. The molecule has 1 aromatic rings. The molecule has 5 rings (SSSR count). The van der Waals surface area contributed by atoms with Crippen molar-refractivity contribution in [2.75, 3.05) is 0 Å². The predicted molar refractivity (Wildman–Crippen MR) is 168 cm³/mol. The highest BCUT2D eigenvalue weighted by Crippen LogP contribution is 2.69. The normalized spacial score (nSPS) is 39.8. The van der Waals surface area contributed by atoms with E-state index in [0.29, 0.717) is 38.7 Å². The second kappa shape index (κ2) is 12.7. The van der Waals surface area contributed by atoms with Crippen LogP contribution in [0.2, 0.25) is 0 Å². The van der Waals surface area contributed by atoms with Crippen LogP contribution in [0.5, 0.6) is 0 Å². The zero-order valence-electron chi connectivity index (χ0n) is 26.7. The molecule has 0 amide bonds. The number of hydrogen-bond acceptors (Lipinski definition) is 6. The summed E-state index contributed by atoms with van der Waals surface area (Å²) >= 11 is 0. The molecule has 0 aromatic carbocycles. The van der Waals surface area contributed by atoms with Gasteiger partial charge in [0.15, 0.2) is 6.29 Å². The second-order valence-electron chi connectivity index (χ2n) is 14.2. The Morgan fingerprint density at radius 3 is 2.29 bits per heavy atom. The van der Waals surface area contributed by atoms with Crippen molar-refractivity contribution in [3.05, 3.63) is 35.8 Å². The van der Waals surface area contributed by atoms with E-state index in [1.54, 1.807) is 18.1 Å². The van der Waals surface area contributed by atoms with Crippen LogP contribution in [0, 0.1) is 40.4 Å². The molecule has 6 nitrogen and oxygen atoms in total. The number of furan rings is 1. The quantitative estimate of drug-likeness (QED) is 0.193. The lowest BCUT2D eigenvalue weighted by molar-refractivity contribution is -0.282. The Hall–Kier alpha value is -0.746. The summed E-state index contributed by atoms with van der Waals surface area (Å²) in [7, 11) is 1.31. The molecular formula is C33H56O6Si2. The van der Waals surface area contributed by atoms with Crippen molar-refractivity contribution in [1.82, 2.24) is 0 Å². The molecule has 41 heavy (non-hydrogen) atoms. The number of hydrogen-bond donors (Lipinski definition) is 1. The van der Waals surface area contributed by atoms with E-state index >= 15 is 0 Å². The highest BCUT2D eigenvalue weighted by atomic mass is 28.2. The molecule has 5 unspecified atom stereocenters. The van der Waals surface area contributed by atoms with Crippen LogP contribution in [0.25, 0.3) is 0 Å². The van der Waals surface area contributed by atoms with Crippen LogP contribution in [0.15, 0.2) is 34.7 Å². The molecule has 8 heteroatoms. The molecule has 4 aliphatic rings. The van der Waals surface area contributed by atoms with Gasteiger partial charge in [-0.05, 0) is 106 Å². The van der Waals surface area contributed by atoms with Crippen LogP contribution in [0.3, 0.4) is 0 Å². The number of ether oxygens (including phenoxy) is 2. The van der Waals surface area contributed by atoms with Gasteiger partial charge in [-0.1, -0.05) is 46.3 Å². The minimum Gasteiger partial charge on any atom is -0.472 e. The third-order valence-electron chi connectivity index (χ3n) is 12.3. The molecule has 1 heterocycles. The standard InChI is InChI=1S/C33H56O6Si2/c1-6-28(38-40)36-30(37-29(7-2)39-41)21(3)18-22-10-14-31(4)23(19-22)8-9-25-26(31)11-15-32(5)27(25)12-16-33(32,34)24-13-17-35-20-24/h8,13,17,20-22,25-30,34H,6-7,9-12,14-16,18-19H2,1-5,40-41H3/t21?,22?,25-,26-,27+,28?,29?,30?,31+,32+,33?/m1/s1. The zero-order chi connectivity index (χ0) is 29.4. The number of rotatable bonds is 12. The van der Waals surface area contributed by atoms with Crippen molar-refractivity contribution in [1.29, 1.82) is 0 Å². The molecular weight excluding hydrogens is 549 g/mol. The van der Waals surface area contributed by atoms with Crippen LogP contribution >= 0.6 is 0 Å². The molecule has 0 saturated heterocycles. The molecule has 232 valence electrons. The highest BCUT2D eigenvalue weighted by Gasteiger charge is 2.64. The summed E-state index contributed by atoms with van der Waals surface area (Å²) < 4.78 is 29.5. The lowest BCUT2D eigenvalue weighted by Gasteiger charge is -2.59. The molecule has 3 fully saturated rings. The van der Waals surface area contributed by atoms with Gasteiger partial charge in [0.2, 0.25) is 0 Å². The van der Waals surface area contributed by atoms with Gasteiger partial charge in [-0.15, -0.1) is 0 Å². The van der Waals surface area contributed by atoms with E-state index in [9.17, 15) is 5.11 Å². The SMILES string of the molecule is CCC(O[SiH3])OC(OC(CC)O[SiH3])C(C)CC1CC[C@@]2(C)C(=CC[C@@H]3[C@H]2CC[C@@]2(C)[C@H]3CCC2(O)c2ccoc2)C1. The van der Waals surface area contributed by atoms with Gasteiger partial charge in [0.25, 0.3) is 0 Å². The van der Waals surface area contributed by atoms with E-state index in [1.165, 1.54) is 32.1 Å². The van der Waals surface area contributed by atoms with E-state index in [2.05, 4.69) is 40.7 Å². The Labute approximate surface area is 254 Å². The zero-order valence-corrected chi connectivity index (χ0v) is 30.7. The third-order valence-corrected chi connectivity index (χ3v) is 13.3. The van der Waals surface area contributed by atoms with E-state index < -0.39 is 5.60 Å². The monoisotopic (exact) mass is 604 g/mol. The van der Waals surface area contributed by atoms with Gasteiger partial charge in [0.1, 0.15) is 33.6 Å². The number of fused-ring (bicyclic) bond motifs is 5. The summed E-state index contributed by atoms with van der Waals surface area (Å²) in [6.45, 7) is 11.4. The molecule has 0 bridgehead atoms. The molecule has 10 atom stereocenters. The Morgan fingerprint density at radius 2 is 1.68 bits per heavy atom. The third kappa shape index (κ3) is 5.64. The first kappa shape index (κ1) is 31.7. The Balaban J connectivity index is 1.28. The highest BCUT2D eigenvalue weighted by molar-refractivity contribution is 5.98. The van der Waals surface area contributed by atoms with Crippen molar-refractivity contribution in [2.24, 2.45) is 40.4 Å². The Morgan fingerprint density at radius 1 is 1.00 bits per heavy atom. The molecule has 0 spiro atoms. The van der Waals surface area contributed by atoms with Gasteiger partial charge in [-0.25, -0.2) is 0 Å². The van der Waals surface area contributed by atoms with E-state index in [4.69, 9.17) is 22.7 Å². The second-order valence-corrected chi connectivity index (χ2v) is 15.2. The molecule has 4 aliphatic carbocycles. The first-order valence-electron chi connectivity index (χ1n) is 16.4. The predicted octanol–water partition coefficient (Wildman–Crippen LogP) is 5.50. The first-order valence-corrected chi connectivity index (χ1v) is 18.1. The van der Waals surface area contributed by atoms with Crippen molar-refractivity contribution < 1.29 is 27.8 Å². The van der Waals surface area contributed by atoms with Crippen molar-refractivity contribution in [3.8, 4) is 0 Å². The van der Waals surface area contributed by atoms with Crippen LogP contribution in [0.4, 0.5) is 0 Å². The summed E-state index contributed by atoms with van der Waals surface area (Å²) in [5.41, 5.74) is 2.13. The van der Waals surface area contributed by atoms with Gasteiger partial charge < -0.3 is 27.8 Å². The van der Waals surface area contributed by atoms with Crippen molar-refractivity contribution >= 4 is 21.0 Å². The number of allylic oxidation sites excluding steroid dienone is 2. The topological polar surface area (TPSA) is 70.3 Å². The van der Waals surface area contributed by atoms with Gasteiger partial charge in [0.05, 0.1) is 18.1 Å². The van der Waals surface area contributed by atoms with Gasteiger partial charge in [-0.3, -0.25) is 0 Å². The summed E-state index contributed by atoms with van der Waals surface area (Å²) in [6.07, 6.45) is 17.3. The number of aliphatic hydroxyl groups is 1. The molecule has 0 radical (unpaired) electrons. The van der Waals surface area contributed by atoms with E-state index in [0.717, 1.165) is 50.0 Å². The lowest BCUT2D eigenvalue weighted by Crippen LogP contribution is -2.53. The van der Waals surface area contributed by atoms with Crippen molar-refractivity contribution in [3.63, 3.8) is 0 Å². The van der Waals surface area contributed by atoms with Crippen LogP contribution in [-0.2, 0) is 23.9 Å². The smallest absolute Gasteiger partial charge is 0.166 e. The van der Waals surface area contributed by atoms with Crippen LogP contribution in [-0.4, -0.2) is 44.9 Å². The lowest BCUT2D eigenvalue weighted by atomic mass is 9.46. The summed E-state index contributed by atoms with van der Waals surface area (Å²) in [4.78, 5) is 0. The van der Waals surface area contributed by atoms with Crippen LogP contribution in [0.1, 0.15) is 111 Å². The van der Waals surface area contributed by atoms with Gasteiger partial charge in [0, 0.05) is 16.9 Å². The van der Waals surface area contributed by atoms with Gasteiger partial charge >= 0.3 is 0 Å². The molecule has 1 N–H and O–H groups in total. The fraction of sp³-hybridized carbons (Fsp3) is 0.818. The fourth-order valence-electron chi connectivity index (χ4n) is 9.80. The fourth-order valence-corrected chi connectivity index (χ4v) is 10.7. The molecule has 0 aliphatic heterocycles. The van der Waals surface area contributed by atoms with Crippen LogP contribution < -0.4 is 0 Å². The molecule has 1 aromatic heterocycles. The summed E-state index contributed by atoms with van der Waals surface area (Å²) in [5.74, 6) is 2.87. The minimum absolute atomic E-state index is 0.0799. The molecule has 3 saturated carbocycles. The summed E-state index contributed by atoms with van der Waals surface area (Å²) in [5, 5.41) is 12.0. The van der Waals surface area contributed by atoms with Crippen molar-refractivity contribution in [2.45, 2.75) is 130 Å². The average Bonchev–Trinajstić information content (AvgIpc) is 3.61. The maximum Gasteiger partial charge on any atom is 0.166 e. The van der Waals surface area contributed by atoms with E-state index in [-0.39, 0.29) is 35.6 Å². The maximum atomic E-state index is 12.0. The van der Waals surface area contributed by atoms with Gasteiger partial charge in [-0.2, -0.15) is 0 Å². The Kier molecular flexibility index (Phi) is 9.81. The maximum absolute atomic E-state index is 12.0. The minimum atomic E-state index is -0.765. The Bertz CT molecular complexity index is 1010. The first-order chi connectivity index (χ1) is 19.6. The van der Waals surface area contributed by atoms with E-state index in [1.807, 2.05) is 6.07 Å². The summed E-state index contributed by atoms with van der Waals surface area (Å²) in [6, 6.07) is 1.99. The average molecular weight is 605 g/mol.